The number of carbonyl (C=O) groups is 3. The van der Waals surface area contributed by atoms with Crippen molar-refractivity contribution in [2.75, 3.05) is 37.9 Å². The smallest absolute Gasteiger partial charge is 0.407 e. The maximum Gasteiger partial charge on any atom is 0.407 e. The number of nitrogens with one attached hydrogen (secondary N) is 1. The number of carbonyl (C=O) groups excluding carboxylic acids is 2. The number of aliphatic carboxylic acids is 1. The fourth-order valence-electron chi connectivity index (χ4n) is 3.58. The minimum atomic E-state index is -3.30. The van der Waals surface area contributed by atoms with E-state index in [1.807, 2.05) is 19.0 Å². The fraction of sp³-hybridized carbons (Fsp3) is 0.474. The number of anilines is 1. The Bertz CT molecular complexity index is 1320. The molecular weight excluding hydrogens is 582 g/mol. The van der Waals surface area contributed by atoms with E-state index in [0.29, 0.717) is 23.8 Å². The number of halogens is 2. The Morgan fingerprint density at radius 2 is 2.21 bits per heavy atom. The van der Waals surface area contributed by atoms with Crippen molar-refractivity contribution >= 4 is 63.5 Å². The van der Waals surface area contributed by atoms with Crippen LogP contribution in [-0.4, -0.2) is 114 Å². The van der Waals surface area contributed by atoms with Gasteiger partial charge < -0.3 is 25.9 Å². The van der Waals surface area contributed by atoms with Gasteiger partial charge >= 0.3 is 12.6 Å². The maximum atomic E-state index is 13.0. The van der Waals surface area contributed by atoms with Gasteiger partial charge in [-0.3, -0.25) is 14.5 Å². The Morgan fingerprint density at radius 1 is 1.44 bits per heavy atom. The highest BCUT2D eigenvalue weighted by Crippen LogP contribution is 2.41. The largest absolute Gasteiger partial charge is 0.477 e. The van der Waals surface area contributed by atoms with Crippen molar-refractivity contribution in [2.24, 2.45) is 5.16 Å². The molecule has 0 radical (unpaired) electrons. The molecule has 2 aromatic rings. The van der Waals surface area contributed by atoms with Crippen LogP contribution in [0.4, 0.5) is 13.9 Å². The van der Waals surface area contributed by atoms with E-state index in [1.54, 1.807) is 4.68 Å². The minimum absolute atomic E-state index is 0.0599. The topological polar surface area (TPSA) is 194 Å². The lowest BCUT2D eigenvalue weighted by molar-refractivity contribution is -0.150. The van der Waals surface area contributed by atoms with Crippen LogP contribution < -0.4 is 11.1 Å². The summed E-state index contributed by atoms with van der Waals surface area (Å²) in [5.41, 5.74) is 5.14. The molecule has 0 saturated carbocycles. The quantitative estimate of drug-likeness (QED) is 0.124. The van der Waals surface area contributed by atoms with Crippen LogP contribution in [0.2, 0.25) is 0 Å². The standard InChI is InChI=1S/C19H22F2N10O5S3/c1-29(2)3-4-30-19(25-27-28-30)39-6-8-5-37-15-11(14(33)31(15)12(8)16(34)35)24-13(32)10(26-36-17(20)21)9-7-38-18(22)23-9/h7,11,15,17H,3-6H2,1-2H3,(H2,22,23)(H,24,32)(H,34,35)/t11?,15-/m1/s1. The van der Waals surface area contributed by atoms with Gasteiger partial charge in [-0.1, -0.05) is 16.9 Å². The van der Waals surface area contributed by atoms with Crippen LogP contribution in [0.1, 0.15) is 5.69 Å². The van der Waals surface area contributed by atoms with Gasteiger partial charge in [0.15, 0.2) is 10.8 Å². The number of carboxylic acid groups (broad SMARTS) is 1. The van der Waals surface area contributed by atoms with Crippen LogP contribution in [0.15, 0.2) is 27.0 Å². The van der Waals surface area contributed by atoms with E-state index in [1.165, 1.54) is 28.9 Å². The van der Waals surface area contributed by atoms with Gasteiger partial charge in [0.05, 0.1) is 6.54 Å². The number of thiazole rings is 1. The number of oxime groups is 1. The summed E-state index contributed by atoms with van der Waals surface area (Å²) in [6.07, 6.45) is 0. The molecule has 2 atom stereocenters. The summed E-state index contributed by atoms with van der Waals surface area (Å²) in [5.74, 6) is -2.51. The van der Waals surface area contributed by atoms with Crippen LogP contribution in [-0.2, 0) is 25.8 Å². The normalized spacial score (nSPS) is 19.4. The molecule has 1 fully saturated rings. The lowest BCUT2D eigenvalue weighted by Crippen LogP contribution is -2.71. The molecule has 15 nitrogen and oxygen atoms in total. The van der Waals surface area contributed by atoms with Crippen molar-refractivity contribution in [1.29, 1.82) is 0 Å². The zero-order valence-corrected chi connectivity index (χ0v) is 22.8. The van der Waals surface area contributed by atoms with Gasteiger partial charge in [0.1, 0.15) is 22.8 Å². The third-order valence-electron chi connectivity index (χ3n) is 5.37. The van der Waals surface area contributed by atoms with Crippen LogP contribution >= 0.6 is 34.9 Å². The monoisotopic (exact) mass is 604 g/mol. The van der Waals surface area contributed by atoms with Crippen molar-refractivity contribution in [3.63, 3.8) is 0 Å². The highest BCUT2D eigenvalue weighted by molar-refractivity contribution is 8.01. The molecular formula is C19H22F2N10O5S3. The number of aromatic nitrogens is 5. The molecule has 4 N–H and O–H groups in total. The number of thioether (sulfide) groups is 2. The SMILES string of the molecule is CN(C)CCn1nnnc1SCC1=C(C(=O)O)N2C(=O)C(NC(=O)C(=NOC(F)F)c3csc(N)n3)[C@H]2SC1. The molecule has 20 heteroatoms. The summed E-state index contributed by atoms with van der Waals surface area (Å²) in [5, 5.41) is 28.2. The molecule has 2 aliphatic rings. The average molecular weight is 605 g/mol. The lowest BCUT2D eigenvalue weighted by atomic mass is 10.0. The fourth-order valence-corrected chi connectivity index (χ4v) is 6.52. The first-order valence-electron chi connectivity index (χ1n) is 11.0. The minimum Gasteiger partial charge on any atom is -0.477 e. The number of nitrogens with two attached hydrogens (primary N) is 1. The Labute approximate surface area is 231 Å². The molecule has 0 spiro atoms. The number of likely N-dealkylation sites (N-methyl/N-ethyl adjacent to an activating group) is 1. The number of alkyl halides is 2. The summed E-state index contributed by atoms with van der Waals surface area (Å²) >= 11 is 3.44. The summed E-state index contributed by atoms with van der Waals surface area (Å²) in [4.78, 5) is 48.8. The van der Waals surface area contributed by atoms with Crippen molar-refractivity contribution in [3.05, 3.63) is 22.3 Å². The van der Waals surface area contributed by atoms with Gasteiger partial charge in [0, 0.05) is 23.4 Å². The van der Waals surface area contributed by atoms with Crippen LogP contribution in [0.3, 0.4) is 0 Å². The van der Waals surface area contributed by atoms with Crippen molar-refractivity contribution in [3.8, 4) is 0 Å². The second kappa shape index (κ2) is 12.2. The summed E-state index contributed by atoms with van der Waals surface area (Å²) in [7, 11) is 3.83. The number of nitrogen functional groups attached to an aromatic ring is 1. The van der Waals surface area contributed by atoms with E-state index >= 15 is 0 Å². The average Bonchev–Trinajstić information content (AvgIpc) is 3.52. The van der Waals surface area contributed by atoms with Gasteiger partial charge in [-0.15, -0.1) is 28.2 Å². The number of hydrogen-bond acceptors (Lipinski definition) is 14. The van der Waals surface area contributed by atoms with E-state index in [9.17, 15) is 28.3 Å². The third kappa shape index (κ3) is 6.45. The molecule has 0 bridgehead atoms. The first-order valence-corrected chi connectivity index (χ1v) is 14.0. The Kier molecular flexibility index (Phi) is 8.97. The summed E-state index contributed by atoms with van der Waals surface area (Å²) in [6, 6.07) is -1.13. The lowest BCUT2D eigenvalue weighted by Gasteiger charge is -2.49. The second-order valence-electron chi connectivity index (χ2n) is 8.27. The number of nitrogens with zero attached hydrogens (tertiary/aromatic N) is 8. The van der Waals surface area contributed by atoms with Gasteiger partial charge in [-0.25, -0.2) is 14.5 Å². The molecule has 1 unspecified atom stereocenters. The van der Waals surface area contributed by atoms with Crippen LogP contribution in [0, 0.1) is 0 Å². The van der Waals surface area contributed by atoms with Crippen molar-refractivity contribution in [1.82, 2.24) is 40.3 Å². The number of fused-ring (bicyclic) bond motifs is 1. The Balaban J connectivity index is 1.47. The number of tetrazole rings is 1. The molecule has 39 heavy (non-hydrogen) atoms. The molecule has 2 aliphatic heterocycles. The molecule has 1 saturated heterocycles. The van der Waals surface area contributed by atoms with E-state index in [-0.39, 0.29) is 28.0 Å². The van der Waals surface area contributed by atoms with Gasteiger partial charge in [-0.05, 0) is 30.1 Å². The van der Waals surface area contributed by atoms with Gasteiger partial charge in [0.25, 0.3) is 11.8 Å². The number of hydrogen-bond donors (Lipinski definition) is 3. The van der Waals surface area contributed by atoms with E-state index in [2.05, 4.69) is 35.8 Å². The van der Waals surface area contributed by atoms with E-state index in [4.69, 9.17) is 5.73 Å². The zero-order valence-electron chi connectivity index (χ0n) is 20.4. The predicted octanol–water partition coefficient (Wildman–Crippen LogP) is -0.252. The van der Waals surface area contributed by atoms with Gasteiger partial charge in [0.2, 0.25) is 5.16 Å². The highest BCUT2D eigenvalue weighted by Gasteiger charge is 2.54. The number of rotatable bonds is 12. The number of carboxylic acids is 1. The van der Waals surface area contributed by atoms with Gasteiger partial charge in [-0.2, -0.15) is 8.78 Å². The number of amides is 2. The summed E-state index contributed by atoms with van der Waals surface area (Å²) in [6.45, 7) is -2.06. The second-order valence-corrected chi connectivity index (χ2v) is 11.2. The number of β-lactam (4-membered cyclic amide) rings is 1. The van der Waals surface area contributed by atoms with Crippen molar-refractivity contribution in [2.45, 2.75) is 29.7 Å². The Hall–Kier alpha value is -3.36. The van der Waals surface area contributed by atoms with E-state index < -0.39 is 41.5 Å². The molecule has 4 rings (SSSR count). The maximum absolute atomic E-state index is 13.0. The Morgan fingerprint density at radius 3 is 2.85 bits per heavy atom. The third-order valence-corrected chi connectivity index (χ3v) is 8.43. The van der Waals surface area contributed by atoms with E-state index in [0.717, 1.165) is 16.2 Å². The molecule has 2 aromatic heterocycles. The van der Waals surface area contributed by atoms with Crippen LogP contribution in [0.5, 0.6) is 0 Å². The summed E-state index contributed by atoms with van der Waals surface area (Å²) < 4.78 is 26.7. The molecule has 4 heterocycles. The van der Waals surface area contributed by atoms with Crippen LogP contribution in [0.25, 0.3) is 0 Å². The molecule has 2 amide bonds. The predicted molar refractivity (Wildman–Crippen MR) is 137 cm³/mol. The first-order chi connectivity index (χ1) is 18.6. The molecule has 0 aliphatic carbocycles. The van der Waals surface area contributed by atoms with Crippen molar-refractivity contribution < 1.29 is 33.1 Å². The zero-order chi connectivity index (χ0) is 28.3. The first kappa shape index (κ1) is 28.6. The highest BCUT2D eigenvalue weighted by atomic mass is 32.2. The molecule has 210 valence electrons. The molecule has 0 aromatic carbocycles.